The Hall–Kier alpha value is -1.94. The second-order valence-corrected chi connectivity index (χ2v) is 9.13. The fourth-order valence-corrected chi connectivity index (χ4v) is 4.81. The molecule has 0 bridgehead atoms. The van der Waals surface area contributed by atoms with Gasteiger partial charge in [-0.15, -0.1) is 0 Å². The predicted octanol–water partition coefficient (Wildman–Crippen LogP) is 2.40. The Balaban J connectivity index is 1.57. The summed E-state index contributed by atoms with van der Waals surface area (Å²) in [4.78, 5) is 16.6. The summed E-state index contributed by atoms with van der Waals surface area (Å²) in [5.41, 5.74) is 1.90. The SMILES string of the molecule is CCc1ccccc1NC(=O)CSc1ccc(S(=O)(=O)N2CCOCC2)cn1. The summed E-state index contributed by atoms with van der Waals surface area (Å²) in [6.07, 6.45) is 2.18. The summed E-state index contributed by atoms with van der Waals surface area (Å²) in [7, 11) is -3.56. The minimum atomic E-state index is -3.56. The lowest BCUT2D eigenvalue weighted by atomic mass is 10.1. The van der Waals surface area contributed by atoms with Crippen LogP contribution in [0.15, 0.2) is 52.5 Å². The van der Waals surface area contributed by atoms with Crippen LogP contribution in [0.4, 0.5) is 5.69 Å². The number of amides is 1. The predicted molar refractivity (Wildman–Crippen MR) is 109 cm³/mol. The lowest BCUT2D eigenvalue weighted by Gasteiger charge is -2.25. The molecule has 9 heteroatoms. The van der Waals surface area contributed by atoms with Gasteiger partial charge in [-0.05, 0) is 30.2 Å². The summed E-state index contributed by atoms with van der Waals surface area (Å²) < 4.78 is 31.8. The third kappa shape index (κ3) is 5.11. The van der Waals surface area contributed by atoms with Crippen LogP contribution in [0.5, 0.6) is 0 Å². The van der Waals surface area contributed by atoms with E-state index < -0.39 is 10.0 Å². The van der Waals surface area contributed by atoms with Crippen molar-refractivity contribution < 1.29 is 17.9 Å². The maximum absolute atomic E-state index is 12.6. The van der Waals surface area contributed by atoms with E-state index in [0.717, 1.165) is 17.7 Å². The van der Waals surface area contributed by atoms with Crippen LogP contribution in [0.1, 0.15) is 12.5 Å². The first-order valence-corrected chi connectivity index (χ1v) is 11.5. The molecule has 1 saturated heterocycles. The number of pyridine rings is 1. The molecule has 0 saturated carbocycles. The Morgan fingerprint density at radius 2 is 1.96 bits per heavy atom. The van der Waals surface area contributed by atoms with Crippen LogP contribution in [-0.4, -0.2) is 55.7 Å². The van der Waals surface area contributed by atoms with Crippen molar-refractivity contribution in [3.63, 3.8) is 0 Å². The van der Waals surface area contributed by atoms with Crippen LogP contribution in [0, 0.1) is 0 Å². The quantitative estimate of drug-likeness (QED) is 0.691. The average Bonchev–Trinajstić information content (AvgIpc) is 2.73. The number of benzene rings is 1. The van der Waals surface area contributed by atoms with Gasteiger partial charge in [-0.1, -0.05) is 36.9 Å². The lowest BCUT2D eigenvalue weighted by molar-refractivity contribution is -0.113. The summed E-state index contributed by atoms with van der Waals surface area (Å²) in [5, 5.41) is 3.51. The van der Waals surface area contributed by atoms with E-state index in [9.17, 15) is 13.2 Å². The van der Waals surface area contributed by atoms with E-state index in [0.29, 0.717) is 31.3 Å². The van der Waals surface area contributed by atoms with Crippen molar-refractivity contribution in [1.82, 2.24) is 9.29 Å². The van der Waals surface area contributed by atoms with Gasteiger partial charge in [0, 0.05) is 25.0 Å². The molecular weight excluding hydrogens is 398 g/mol. The van der Waals surface area contributed by atoms with Gasteiger partial charge in [-0.3, -0.25) is 4.79 Å². The molecule has 1 fully saturated rings. The smallest absolute Gasteiger partial charge is 0.244 e. The first-order chi connectivity index (χ1) is 13.5. The van der Waals surface area contributed by atoms with Gasteiger partial charge >= 0.3 is 0 Å². The fourth-order valence-electron chi connectivity index (χ4n) is 2.82. The highest BCUT2D eigenvalue weighted by Crippen LogP contribution is 2.21. The minimum Gasteiger partial charge on any atom is -0.379 e. The molecule has 1 aromatic carbocycles. The molecule has 28 heavy (non-hydrogen) atoms. The highest BCUT2D eigenvalue weighted by atomic mass is 32.2. The maximum atomic E-state index is 12.6. The Bertz CT molecular complexity index is 911. The monoisotopic (exact) mass is 421 g/mol. The van der Waals surface area contributed by atoms with E-state index in [1.54, 1.807) is 6.07 Å². The van der Waals surface area contributed by atoms with Gasteiger partial charge in [-0.2, -0.15) is 4.31 Å². The Kier molecular flexibility index (Phi) is 7.06. The standard InChI is InChI=1S/C19H23N3O4S2/c1-2-15-5-3-4-6-17(15)21-18(23)14-27-19-8-7-16(13-20-19)28(24,25)22-9-11-26-12-10-22/h3-8,13H,2,9-12,14H2,1H3,(H,21,23). The Labute approximate surface area is 169 Å². The van der Waals surface area contributed by atoms with Crippen molar-refractivity contribution in [2.24, 2.45) is 0 Å². The van der Waals surface area contributed by atoms with Crippen molar-refractivity contribution in [1.29, 1.82) is 0 Å². The summed E-state index contributed by atoms with van der Waals surface area (Å²) in [6, 6.07) is 10.9. The first-order valence-electron chi connectivity index (χ1n) is 9.05. The Morgan fingerprint density at radius 3 is 2.64 bits per heavy atom. The molecule has 1 aromatic heterocycles. The molecule has 1 aliphatic heterocycles. The molecule has 0 atom stereocenters. The highest BCUT2D eigenvalue weighted by Gasteiger charge is 2.26. The first kappa shape index (κ1) is 20.8. The lowest BCUT2D eigenvalue weighted by Crippen LogP contribution is -2.40. The number of anilines is 1. The number of thioether (sulfide) groups is 1. The van der Waals surface area contributed by atoms with E-state index in [2.05, 4.69) is 10.3 Å². The van der Waals surface area contributed by atoms with Gasteiger partial charge in [-0.25, -0.2) is 13.4 Å². The van der Waals surface area contributed by atoms with E-state index in [1.807, 2.05) is 31.2 Å². The molecule has 7 nitrogen and oxygen atoms in total. The molecule has 0 aliphatic carbocycles. The number of sulfonamides is 1. The van der Waals surface area contributed by atoms with Crippen molar-refractivity contribution >= 4 is 33.4 Å². The third-order valence-corrected chi connectivity index (χ3v) is 7.17. The van der Waals surface area contributed by atoms with Crippen LogP contribution in [0.25, 0.3) is 0 Å². The van der Waals surface area contributed by atoms with Gasteiger partial charge in [0.05, 0.1) is 24.0 Å². The molecule has 0 radical (unpaired) electrons. The van der Waals surface area contributed by atoms with E-state index >= 15 is 0 Å². The number of nitrogens with zero attached hydrogens (tertiary/aromatic N) is 2. The zero-order valence-electron chi connectivity index (χ0n) is 15.6. The van der Waals surface area contributed by atoms with Crippen molar-refractivity contribution in [3.05, 3.63) is 48.2 Å². The van der Waals surface area contributed by atoms with E-state index in [-0.39, 0.29) is 16.6 Å². The van der Waals surface area contributed by atoms with Crippen LogP contribution >= 0.6 is 11.8 Å². The van der Waals surface area contributed by atoms with Crippen molar-refractivity contribution in [3.8, 4) is 0 Å². The van der Waals surface area contributed by atoms with Gasteiger partial charge in [0.15, 0.2) is 0 Å². The molecule has 0 spiro atoms. The van der Waals surface area contributed by atoms with Crippen LogP contribution in [0.2, 0.25) is 0 Å². The molecule has 2 aromatic rings. The molecular formula is C19H23N3O4S2. The molecule has 1 N–H and O–H groups in total. The molecule has 1 amide bonds. The largest absolute Gasteiger partial charge is 0.379 e. The normalized spacial score (nSPS) is 15.3. The van der Waals surface area contributed by atoms with Crippen LogP contribution in [0.3, 0.4) is 0 Å². The number of rotatable bonds is 7. The number of aromatic nitrogens is 1. The summed E-state index contributed by atoms with van der Waals surface area (Å²) in [5.74, 6) is 0.0679. The van der Waals surface area contributed by atoms with Gasteiger partial charge in [0.2, 0.25) is 15.9 Å². The summed E-state index contributed by atoms with van der Waals surface area (Å²) in [6.45, 7) is 3.53. The zero-order valence-corrected chi connectivity index (χ0v) is 17.3. The summed E-state index contributed by atoms with van der Waals surface area (Å²) >= 11 is 1.26. The fraction of sp³-hybridized carbons (Fsp3) is 0.368. The van der Waals surface area contributed by atoms with Crippen LogP contribution in [-0.2, 0) is 26.0 Å². The molecule has 0 unspecified atom stereocenters. The van der Waals surface area contributed by atoms with Gasteiger partial charge in [0.1, 0.15) is 4.90 Å². The van der Waals surface area contributed by atoms with Crippen molar-refractivity contribution in [2.75, 3.05) is 37.4 Å². The number of morpholine rings is 1. The molecule has 3 rings (SSSR count). The second-order valence-electron chi connectivity index (χ2n) is 6.20. The molecule has 1 aliphatic rings. The molecule has 150 valence electrons. The van der Waals surface area contributed by atoms with E-state index in [4.69, 9.17) is 4.74 Å². The Morgan fingerprint density at radius 1 is 1.21 bits per heavy atom. The number of aryl methyl sites for hydroxylation is 1. The maximum Gasteiger partial charge on any atom is 0.244 e. The number of carbonyl (C=O) groups excluding carboxylic acids is 1. The van der Waals surface area contributed by atoms with E-state index in [1.165, 1.54) is 28.3 Å². The number of ether oxygens (including phenoxy) is 1. The van der Waals surface area contributed by atoms with Gasteiger partial charge < -0.3 is 10.1 Å². The average molecular weight is 422 g/mol. The third-order valence-electron chi connectivity index (χ3n) is 4.34. The second kappa shape index (κ2) is 9.51. The number of hydrogen-bond acceptors (Lipinski definition) is 6. The number of nitrogens with one attached hydrogen (secondary N) is 1. The van der Waals surface area contributed by atoms with Crippen molar-refractivity contribution in [2.45, 2.75) is 23.3 Å². The topological polar surface area (TPSA) is 88.6 Å². The number of carbonyl (C=O) groups is 1. The zero-order chi connectivity index (χ0) is 20.0. The van der Waals surface area contributed by atoms with Gasteiger partial charge in [0.25, 0.3) is 0 Å². The number of hydrogen-bond donors (Lipinski definition) is 1. The minimum absolute atomic E-state index is 0.127. The highest BCUT2D eigenvalue weighted by molar-refractivity contribution is 7.99. The number of para-hydroxylation sites is 1. The van der Waals surface area contributed by atoms with Crippen LogP contribution < -0.4 is 5.32 Å². The molecule has 2 heterocycles.